The average molecular weight is 420 g/mol. The van der Waals surface area contributed by atoms with Gasteiger partial charge >= 0.3 is 0 Å². The van der Waals surface area contributed by atoms with Crippen molar-refractivity contribution in [2.24, 2.45) is 7.05 Å². The summed E-state index contributed by atoms with van der Waals surface area (Å²) in [4.78, 5) is 28.9. The number of carbonyl (C=O) groups is 1. The number of hydrogen-bond acceptors (Lipinski definition) is 6. The fourth-order valence-corrected chi connectivity index (χ4v) is 3.86. The number of aromatic nitrogens is 6. The number of benzene rings is 1. The molecule has 10 heteroatoms. The molecule has 1 atom stereocenters. The summed E-state index contributed by atoms with van der Waals surface area (Å²) in [5.74, 6) is -0.000218. The van der Waals surface area contributed by atoms with E-state index in [-0.39, 0.29) is 30.0 Å². The lowest BCUT2D eigenvalue weighted by Crippen LogP contribution is -2.24. The van der Waals surface area contributed by atoms with E-state index in [4.69, 9.17) is 0 Å². The quantitative estimate of drug-likeness (QED) is 0.456. The van der Waals surface area contributed by atoms with Crippen LogP contribution in [0.5, 0.6) is 0 Å². The van der Waals surface area contributed by atoms with Crippen LogP contribution in [0.25, 0.3) is 22.3 Å². The van der Waals surface area contributed by atoms with E-state index < -0.39 is 0 Å². The minimum Gasteiger partial charge on any atom is -0.347 e. The van der Waals surface area contributed by atoms with Gasteiger partial charge in [0, 0.05) is 25.4 Å². The normalized spacial score (nSPS) is 16.1. The molecule has 0 spiro atoms. The third-order valence-electron chi connectivity index (χ3n) is 5.36. The van der Waals surface area contributed by atoms with Gasteiger partial charge < -0.3 is 15.6 Å². The fraction of sp³-hybridized carbons (Fsp3) is 0.286. The van der Waals surface area contributed by atoms with Gasteiger partial charge in [-0.3, -0.25) is 9.48 Å². The largest absolute Gasteiger partial charge is 0.347 e. The summed E-state index contributed by atoms with van der Waals surface area (Å²) < 4.78 is 15.8. The highest BCUT2D eigenvalue weighted by Crippen LogP contribution is 2.24. The molecule has 1 aliphatic rings. The second-order valence-corrected chi connectivity index (χ2v) is 7.63. The number of nitrogens with one attached hydrogen (secondary N) is 3. The summed E-state index contributed by atoms with van der Waals surface area (Å²) >= 11 is 0. The van der Waals surface area contributed by atoms with Crippen molar-refractivity contribution in [3.05, 3.63) is 59.8 Å². The number of aryl methyl sites for hydroxylation is 1. The molecule has 1 aromatic carbocycles. The van der Waals surface area contributed by atoms with Crippen molar-refractivity contribution in [3.63, 3.8) is 0 Å². The zero-order valence-corrected chi connectivity index (χ0v) is 16.9. The summed E-state index contributed by atoms with van der Waals surface area (Å²) in [6, 6.07) is 4.80. The third-order valence-corrected chi connectivity index (χ3v) is 5.36. The number of aromatic amines is 1. The second kappa shape index (κ2) is 7.88. The zero-order valence-electron chi connectivity index (χ0n) is 16.9. The number of rotatable bonds is 5. The SMILES string of the molecule is Cn1cc(-c2cc(F)cc(CNC(=O)c3ncnc4nc([C@H]5CCCN5)[nH]c34)c2)cn1. The minimum atomic E-state index is -0.380. The Labute approximate surface area is 177 Å². The second-order valence-electron chi connectivity index (χ2n) is 7.63. The molecule has 3 N–H and O–H groups in total. The predicted molar refractivity (Wildman–Crippen MR) is 111 cm³/mol. The number of imidazole rings is 1. The van der Waals surface area contributed by atoms with Crippen LogP contribution in [0, 0.1) is 5.82 Å². The lowest BCUT2D eigenvalue weighted by Gasteiger charge is -2.08. The molecule has 1 saturated heterocycles. The molecule has 5 rings (SSSR count). The van der Waals surface area contributed by atoms with E-state index in [1.165, 1.54) is 18.5 Å². The molecular weight excluding hydrogens is 399 g/mol. The first-order valence-corrected chi connectivity index (χ1v) is 10.1. The molecule has 0 unspecified atom stereocenters. The first-order valence-electron chi connectivity index (χ1n) is 10.1. The van der Waals surface area contributed by atoms with Crippen LogP contribution in [-0.2, 0) is 13.6 Å². The maximum absolute atomic E-state index is 14.1. The van der Waals surface area contributed by atoms with Crippen molar-refractivity contribution in [1.29, 1.82) is 0 Å². The molecular formula is C21H21FN8O. The topological polar surface area (TPSA) is 113 Å². The van der Waals surface area contributed by atoms with Crippen LogP contribution in [0.1, 0.15) is 40.8 Å². The number of hydrogen-bond donors (Lipinski definition) is 3. The highest BCUT2D eigenvalue weighted by molar-refractivity contribution is 6.02. The van der Waals surface area contributed by atoms with Gasteiger partial charge in [0.15, 0.2) is 11.3 Å². The van der Waals surface area contributed by atoms with E-state index in [0.29, 0.717) is 22.3 Å². The van der Waals surface area contributed by atoms with E-state index in [1.54, 1.807) is 17.9 Å². The Balaban J connectivity index is 1.36. The van der Waals surface area contributed by atoms with Crippen LogP contribution in [0.15, 0.2) is 36.9 Å². The Bertz CT molecular complexity index is 1260. The molecule has 3 aromatic heterocycles. The van der Waals surface area contributed by atoms with Gasteiger partial charge in [0.2, 0.25) is 0 Å². The van der Waals surface area contributed by atoms with Crippen molar-refractivity contribution in [3.8, 4) is 11.1 Å². The third kappa shape index (κ3) is 3.89. The Morgan fingerprint density at radius 1 is 1.29 bits per heavy atom. The van der Waals surface area contributed by atoms with Crippen molar-refractivity contribution in [2.45, 2.75) is 25.4 Å². The summed E-state index contributed by atoms with van der Waals surface area (Å²) in [6.45, 7) is 1.09. The molecule has 4 heterocycles. The highest BCUT2D eigenvalue weighted by Gasteiger charge is 2.22. The number of halogens is 1. The van der Waals surface area contributed by atoms with Crippen molar-refractivity contribution in [1.82, 2.24) is 40.3 Å². The summed E-state index contributed by atoms with van der Waals surface area (Å²) in [5.41, 5.74) is 3.30. The number of fused-ring (bicyclic) bond motifs is 1. The number of carbonyl (C=O) groups excluding carboxylic acids is 1. The van der Waals surface area contributed by atoms with E-state index in [1.807, 2.05) is 12.3 Å². The molecule has 4 aromatic rings. The molecule has 0 bridgehead atoms. The van der Waals surface area contributed by atoms with Gasteiger partial charge in [-0.15, -0.1) is 0 Å². The summed E-state index contributed by atoms with van der Waals surface area (Å²) in [5, 5.41) is 10.3. The van der Waals surface area contributed by atoms with Gasteiger partial charge in [-0.25, -0.2) is 19.3 Å². The number of H-pyrrole nitrogens is 1. The van der Waals surface area contributed by atoms with Gasteiger partial charge in [-0.1, -0.05) is 0 Å². The van der Waals surface area contributed by atoms with E-state index in [9.17, 15) is 9.18 Å². The van der Waals surface area contributed by atoms with Gasteiger partial charge in [0.05, 0.1) is 12.2 Å². The van der Waals surface area contributed by atoms with Crippen LogP contribution in [0.3, 0.4) is 0 Å². The smallest absolute Gasteiger partial charge is 0.272 e. The van der Waals surface area contributed by atoms with Crippen LogP contribution >= 0.6 is 0 Å². The molecule has 0 aliphatic carbocycles. The summed E-state index contributed by atoms with van der Waals surface area (Å²) in [6.07, 6.45) is 6.86. The molecule has 31 heavy (non-hydrogen) atoms. The van der Waals surface area contributed by atoms with Crippen LogP contribution in [-0.4, -0.2) is 42.2 Å². The van der Waals surface area contributed by atoms with Crippen LogP contribution in [0.2, 0.25) is 0 Å². The molecule has 158 valence electrons. The van der Waals surface area contributed by atoms with Crippen LogP contribution in [0.4, 0.5) is 4.39 Å². The highest BCUT2D eigenvalue weighted by atomic mass is 19.1. The standard InChI is InChI=1S/C21H21FN8O/c1-30-10-14(9-27-30)13-5-12(6-15(22)7-13)8-24-21(31)18-17-20(26-11-25-18)29-19(28-17)16-3-2-4-23-16/h5-7,9-11,16,23H,2-4,8H2,1H3,(H,24,31)(H,25,26,28,29)/t16-/m1/s1. The molecule has 9 nitrogen and oxygen atoms in total. The van der Waals surface area contributed by atoms with Crippen molar-refractivity contribution < 1.29 is 9.18 Å². The maximum Gasteiger partial charge on any atom is 0.272 e. The Morgan fingerprint density at radius 3 is 2.97 bits per heavy atom. The molecule has 0 saturated carbocycles. The monoisotopic (exact) mass is 420 g/mol. The zero-order chi connectivity index (χ0) is 21.4. The number of amides is 1. The van der Waals surface area contributed by atoms with Gasteiger partial charge in [-0.05, 0) is 48.7 Å². The predicted octanol–water partition coefficient (Wildman–Crippen LogP) is 2.25. The molecule has 1 fully saturated rings. The van der Waals surface area contributed by atoms with Gasteiger partial charge in [0.25, 0.3) is 5.91 Å². The fourth-order valence-electron chi connectivity index (χ4n) is 3.86. The minimum absolute atomic E-state index is 0.128. The van der Waals surface area contributed by atoms with Crippen molar-refractivity contribution in [2.75, 3.05) is 6.54 Å². The average Bonchev–Trinajstić information content (AvgIpc) is 3.51. The molecule has 1 amide bonds. The van der Waals surface area contributed by atoms with Gasteiger partial charge in [0.1, 0.15) is 23.5 Å². The molecule has 0 radical (unpaired) electrons. The Hall–Kier alpha value is -3.66. The van der Waals surface area contributed by atoms with E-state index in [2.05, 4.69) is 35.7 Å². The number of nitrogens with zero attached hydrogens (tertiary/aromatic N) is 5. The van der Waals surface area contributed by atoms with E-state index >= 15 is 0 Å². The van der Waals surface area contributed by atoms with Crippen LogP contribution < -0.4 is 10.6 Å². The first kappa shape index (κ1) is 19.3. The lowest BCUT2D eigenvalue weighted by atomic mass is 10.1. The Morgan fingerprint density at radius 2 is 2.19 bits per heavy atom. The lowest BCUT2D eigenvalue weighted by molar-refractivity contribution is 0.0947. The van der Waals surface area contributed by atoms with Gasteiger partial charge in [-0.2, -0.15) is 5.10 Å². The maximum atomic E-state index is 14.1. The first-order chi connectivity index (χ1) is 15.1. The Kier molecular flexibility index (Phi) is 4.91. The molecule has 1 aliphatic heterocycles. The summed E-state index contributed by atoms with van der Waals surface area (Å²) in [7, 11) is 1.80. The van der Waals surface area contributed by atoms with Crippen molar-refractivity contribution >= 4 is 17.1 Å². The van der Waals surface area contributed by atoms with E-state index in [0.717, 1.165) is 30.8 Å².